The average Bonchev–Trinajstić information content (AvgIpc) is 2.93. The second kappa shape index (κ2) is 5.84. The van der Waals surface area contributed by atoms with E-state index in [-0.39, 0.29) is 5.91 Å². The number of nitrogens with one attached hydrogen (secondary N) is 1. The molecular weight excluding hydrogens is 304 g/mol. The standard InChI is InChI=1S/C16H13ClN2OS/c1-2-15(20)18-13-9-10(7-8-11(13)17)16-19-12-5-3-4-6-14(12)21-16/h3-9H,2H2,1H3,(H,18,20). The lowest BCUT2D eigenvalue weighted by Gasteiger charge is -2.07. The molecule has 2 aromatic carbocycles. The van der Waals surface area contributed by atoms with E-state index in [0.29, 0.717) is 17.1 Å². The van der Waals surface area contributed by atoms with Gasteiger partial charge in [0.1, 0.15) is 5.01 Å². The highest BCUT2D eigenvalue weighted by atomic mass is 35.5. The number of para-hydroxylation sites is 1. The van der Waals surface area contributed by atoms with Gasteiger partial charge < -0.3 is 5.32 Å². The van der Waals surface area contributed by atoms with Gasteiger partial charge in [0, 0.05) is 12.0 Å². The van der Waals surface area contributed by atoms with Gasteiger partial charge in [-0.1, -0.05) is 36.7 Å². The number of nitrogens with zero attached hydrogens (tertiary/aromatic N) is 1. The molecule has 0 radical (unpaired) electrons. The first-order chi connectivity index (χ1) is 10.2. The minimum atomic E-state index is -0.0571. The maximum Gasteiger partial charge on any atom is 0.224 e. The number of aromatic nitrogens is 1. The van der Waals surface area contributed by atoms with Crippen LogP contribution in [0.5, 0.6) is 0 Å². The van der Waals surface area contributed by atoms with Crippen LogP contribution in [0.3, 0.4) is 0 Å². The van der Waals surface area contributed by atoms with Gasteiger partial charge in [-0.05, 0) is 24.3 Å². The Hall–Kier alpha value is -1.91. The van der Waals surface area contributed by atoms with Gasteiger partial charge in [-0.15, -0.1) is 11.3 Å². The molecule has 3 aromatic rings. The topological polar surface area (TPSA) is 42.0 Å². The number of hydrogen-bond acceptors (Lipinski definition) is 3. The number of rotatable bonds is 3. The second-order valence-electron chi connectivity index (χ2n) is 4.58. The molecule has 0 bridgehead atoms. The van der Waals surface area contributed by atoms with E-state index in [1.165, 1.54) is 0 Å². The molecule has 0 aliphatic rings. The molecule has 3 nitrogen and oxygen atoms in total. The van der Waals surface area contributed by atoms with Crippen molar-refractivity contribution in [1.82, 2.24) is 4.98 Å². The predicted molar refractivity (Wildman–Crippen MR) is 89.0 cm³/mol. The van der Waals surface area contributed by atoms with E-state index >= 15 is 0 Å². The highest BCUT2D eigenvalue weighted by Gasteiger charge is 2.10. The van der Waals surface area contributed by atoms with Gasteiger partial charge >= 0.3 is 0 Å². The molecule has 0 spiro atoms. The largest absolute Gasteiger partial charge is 0.325 e. The van der Waals surface area contributed by atoms with Gasteiger partial charge in [0.25, 0.3) is 0 Å². The molecule has 3 rings (SSSR count). The van der Waals surface area contributed by atoms with Gasteiger partial charge in [0.2, 0.25) is 5.91 Å². The van der Waals surface area contributed by atoms with E-state index in [1.807, 2.05) is 36.4 Å². The lowest BCUT2D eigenvalue weighted by atomic mass is 10.2. The number of thiazole rings is 1. The van der Waals surface area contributed by atoms with Crippen molar-refractivity contribution in [1.29, 1.82) is 0 Å². The second-order valence-corrected chi connectivity index (χ2v) is 6.02. The number of benzene rings is 2. The number of hydrogen-bond donors (Lipinski definition) is 1. The molecule has 0 unspecified atom stereocenters. The van der Waals surface area contributed by atoms with E-state index in [1.54, 1.807) is 24.3 Å². The Kier molecular flexibility index (Phi) is 3.90. The summed E-state index contributed by atoms with van der Waals surface area (Å²) in [6, 6.07) is 13.6. The molecule has 1 heterocycles. The number of carbonyl (C=O) groups is 1. The van der Waals surface area contributed by atoms with Crippen molar-refractivity contribution in [2.75, 3.05) is 5.32 Å². The van der Waals surface area contributed by atoms with E-state index in [4.69, 9.17) is 11.6 Å². The number of carbonyl (C=O) groups excluding carboxylic acids is 1. The fraction of sp³-hybridized carbons (Fsp3) is 0.125. The third-order valence-corrected chi connectivity index (χ3v) is 4.52. The lowest BCUT2D eigenvalue weighted by Crippen LogP contribution is -2.09. The third-order valence-electron chi connectivity index (χ3n) is 3.10. The Bertz CT molecular complexity index is 780. The van der Waals surface area contributed by atoms with Crippen LogP contribution in [-0.2, 0) is 4.79 Å². The van der Waals surface area contributed by atoms with Crippen molar-refractivity contribution >= 4 is 44.7 Å². The van der Waals surface area contributed by atoms with E-state index in [2.05, 4.69) is 10.3 Å². The smallest absolute Gasteiger partial charge is 0.224 e. The molecule has 0 fully saturated rings. The molecule has 0 aliphatic carbocycles. The first-order valence-corrected chi connectivity index (χ1v) is 7.82. The van der Waals surface area contributed by atoms with Crippen LogP contribution in [0.25, 0.3) is 20.8 Å². The minimum absolute atomic E-state index is 0.0571. The van der Waals surface area contributed by atoms with E-state index < -0.39 is 0 Å². The van der Waals surface area contributed by atoms with Gasteiger partial charge in [-0.2, -0.15) is 0 Å². The van der Waals surface area contributed by atoms with Crippen LogP contribution in [0.2, 0.25) is 5.02 Å². The predicted octanol–water partition coefficient (Wildman–Crippen LogP) is 4.97. The van der Waals surface area contributed by atoms with E-state index in [0.717, 1.165) is 20.8 Å². The molecule has 0 atom stereocenters. The maximum absolute atomic E-state index is 11.5. The maximum atomic E-state index is 11.5. The molecule has 0 saturated carbocycles. The summed E-state index contributed by atoms with van der Waals surface area (Å²) in [5.41, 5.74) is 2.55. The Morgan fingerprint density at radius 2 is 2.10 bits per heavy atom. The molecule has 1 N–H and O–H groups in total. The normalized spacial score (nSPS) is 10.8. The summed E-state index contributed by atoms with van der Waals surface area (Å²) in [6.07, 6.45) is 0.418. The number of halogens is 1. The lowest BCUT2D eigenvalue weighted by molar-refractivity contribution is -0.115. The zero-order valence-corrected chi connectivity index (χ0v) is 13.0. The van der Waals surface area contributed by atoms with Gasteiger partial charge in [-0.3, -0.25) is 4.79 Å². The molecule has 106 valence electrons. The highest BCUT2D eigenvalue weighted by molar-refractivity contribution is 7.21. The zero-order valence-electron chi connectivity index (χ0n) is 11.4. The first-order valence-electron chi connectivity index (χ1n) is 6.62. The Morgan fingerprint density at radius 3 is 2.86 bits per heavy atom. The molecule has 1 aromatic heterocycles. The Labute approximate surface area is 131 Å². The molecule has 5 heteroatoms. The van der Waals surface area contributed by atoms with Crippen molar-refractivity contribution in [2.45, 2.75) is 13.3 Å². The SMILES string of the molecule is CCC(=O)Nc1cc(-c2nc3ccccc3s2)ccc1Cl. The molecule has 21 heavy (non-hydrogen) atoms. The summed E-state index contributed by atoms with van der Waals surface area (Å²) >= 11 is 7.75. The Morgan fingerprint density at radius 1 is 1.29 bits per heavy atom. The molecule has 0 saturated heterocycles. The summed E-state index contributed by atoms with van der Waals surface area (Å²) in [5.74, 6) is -0.0571. The van der Waals surface area contributed by atoms with Crippen LogP contribution in [-0.4, -0.2) is 10.9 Å². The summed E-state index contributed by atoms with van der Waals surface area (Å²) in [6.45, 7) is 1.81. The van der Waals surface area contributed by atoms with Crippen LogP contribution < -0.4 is 5.32 Å². The van der Waals surface area contributed by atoms with Gasteiger partial charge in [0.05, 0.1) is 20.9 Å². The van der Waals surface area contributed by atoms with Crippen LogP contribution in [0.1, 0.15) is 13.3 Å². The van der Waals surface area contributed by atoms with Crippen LogP contribution in [0.15, 0.2) is 42.5 Å². The van der Waals surface area contributed by atoms with Gasteiger partial charge in [-0.25, -0.2) is 4.98 Å². The minimum Gasteiger partial charge on any atom is -0.325 e. The van der Waals surface area contributed by atoms with Crippen molar-refractivity contribution in [3.8, 4) is 10.6 Å². The summed E-state index contributed by atoms with van der Waals surface area (Å²) < 4.78 is 1.14. The fourth-order valence-electron chi connectivity index (χ4n) is 1.99. The monoisotopic (exact) mass is 316 g/mol. The van der Waals surface area contributed by atoms with Crippen molar-refractivity contribution in [3.63, 3.8) is 0 Å². The summed E-state index contributed by atoms with van der Waals surface area (Å²) in [4.78, 5) is 16.2. The van der Waals surface area contributed by atoms with E-state index in [9.17, 15) is 4.79 Å². The summed E-state index contributed by atoms with van der Waals surface area (Å²) in [5, 5.41) is 4.26. The molecule has 1 amide bonds. The first kappa shape index (κ1) is 14.0. The van der Waals surface area contributed by atoms with Crippen LogP contribution >= 0.6 is 22.9 Å². The molecule has 0 aliphatic heterocycles. The molecular formula is C16H13ClN2OS. The van der Waals surface area contributed by atoms with Gasteiger partial charge in [0.15, 0.2) is 0 Å². The van der Waals surface area contributed by atoms with Crippen molar-refractivity contribution in [2.24, 2.45) is 0 Å². The van der Waals surface area contributed by atoms with Crippen molar-refractivity contribution < 1.29 is 4.79 Å². The Balaban J connectivity index is 2.02. The van der Waals surface area contributed by atoms with Crippen molar-refractivity contribution in [3.05, 3.63) is 47.5 Å². The quantitative estimate of drug-likeness (QED) is 0.741. The number of anilines is 1. The summed E-state index contributed by atoms with van der Waals surface area (Å²) in [7, 11) is 0. The fourth-order valence-corrected chi connectivity index (χ4v) is 3.12. The van der Waals surface area contributed by atoms with Crippen LogP contribution in [0.4, 0.5) is 5.69 Å². The third kappa shape index (κ3) is 2.91. The zero-order chi connectivity index (χ0) is 14.8. The van der Waals surface area contributed by atoms with Crippen LogP contribution in [0, 0.1) is 0 Å². The number of fused-ring (bicyclic) bond motifs is 1. The highest BCUT2D eigenvalue weighted by Crippen LogP contribution is 2.33. The number of amides is 1. The average molecular weight is 317 g/mol.